The lowest BCUT2D eigenvalue weighted by Crippen LogP contribution is -2.27. The molecule has 1 aromatic heterocycles. The molecule has 0 fully saturated rings. The van der Waals surface area contributed by atoms with Crippen LogP contribution in [-0.2, 0) is 16.2 Å². The van der Waals surface area contributed by atoms with E-state index in [1.807, 2.05) is 0 Å². The van der Waals surface area contributed by atoms with Crippen molar-refractivity contribution in [3.63, 3.8) is 0 Å². The molecule has 0 radical (unpaired) electrons. The molecule has 0 amide bonds. The van der Waals surface area contributed by atoms with Gasteiger partial charge in [0.2, 0.25) is 0 Å². The van der Waals surface area contributed by atoms with Gasteiger partial charge in [-0.3, -0.25) is 0 Å². The lowest BCUT2D eigenvalue weighted by Gasteiger charge is -2.39. The molecule has 0 unspecified atom stereocenters. The Hall–Kier alpha value is -7.68. The normalized spacial score (nSPS) is 14.3. The first kappa shape index (κ1) is 40.6. The third-order valence-electron chi connectivity index (χ3n) is 15.6. The van der Waals surface area contributed by atoms with Crippen LogP contribution in [-0.4, -0.2) is 4.57 Å². The van der Waals surface area contributed by atoms with Crippen LogP contribution in [0.2, 0.25) is 0 Å². The Morgan fingerprint density at radius 2 is 0.926 bits per heavy atom. The van der Waals surface area contributed by atoms with E-state index in [1.54, 1.807) is 0 Å². The highest BCUT2D eigenvalue weighted by Crippen LogP contribution is 2.66. The summed E-state index contributed by atoms with van der Waals surface area (Å²) in [4.78, 5) is 2.65. The molecule has 11 aromatic rings. The number of rotatable bonds is 5. The fourth-order valence-corrected chi connectivity index (χ4v) is 12.7. The summed E-state index contributed by atoms with van der Waals surface area (Å²) in [6.45, 7) is 17.2. The average Bonchev–Trinajstić information content (AvgIpc) is 3.90. The first-order valence-corrected chi connectivity index (χ1v) is 24.3. The smallest absolute Gasteiger partial charge is 0.0561 e. The molecule has 2 aliphatic rings. The minimum Gasteiger partial charge on any atom is -0.310 e. The van der Waals surface area contributed by atoms with Gasteiger partial charge in [-0.25, -0.2) is 0 Å². The van der Waals surface area contributed by atoms with E-state index in [-0.39, 0.29) is 16.2 Å². The number of hydrogen-bond donors (Lipinski definition) is 0. The molecule has 0 saturated carbocycles. The quantitative estimate of drug-likeness (QED) is 0.156. The van der Waals surface area contributed by atoms with Crippen LogP contribution in [0.25, 0.3) is 82.4 Å². The van der Waals surface area contributed by atoms with Crippen molar-refractivity contribution in [3.8, 4) is 39.1 Å². The van der Waals surface area contributed by atoms with Crippen molar-refractivity contribution in [2.75, 3.05) is 4.90 Å². The fraction of sp³-hybridized carbons (Fsp3) is 0.152. The number of fused-ring (bicyclic) bond motifs is 12. The molecule has 13 rings (SSSR count). The van der Waals surface area contributed by atoms with Crippen molar-refractivity contribution in [1.82, 2.24) is 4.57 Å². The van der Waals surface area contributed by atoms with Gasteiger partial charge in [0.15, 0.2) is 0 Å². The van der Waals surface area contributed by atoms with E-state index < -0.39 is 0 Å². The first-order valence-electron chi connectivity index (χ1n) is 24.3. The van der Waals surface area contributed by atoms with Crippen molar-refractivity contribution < 1.29 is 0 Å². The van der Waals surface area contributed by atoms with Crippen LogP contribution in [0.15, 0.2) is 200 Å². The predicted molar refractivity (Wildman–Crippen MR) is 290 cm³/mol. The highest BCUT2D eigenvalue weighted by molar-refractivity contribution is 6.14. The number of nitrogens with zero attached hydrogens (tertiary/aromatic N) is 2. The Balaban J connectivity index is 1.16. The molecule has 0 saturated heterocycles. The summed E-state index contributed by atoms with van der Waals surface area (Å²) in [6.07, 6.45) is 0. The van der Waals surface area contributed by atoms with Gasteiger partial charge < -0.3 is 9.47 Å². The van der Waals surface area contributed by atoms with Gasteiger partial charge in [-0.05, 0) is 137 Å². The van der Waals surface area contributed by atoms with Crippen LogP contribution < -0.4 is 4.90 Å². The summed E-state index contributed by atoms with van der Waals surface area (Å²) >= 11 is 0. The maximum Gasteiger partial charge on any atom is 0.0561 e. The Morgan fingerprint density at radius 3 is 1.57 bits per heavy atom. The fourth-order valence-electron chi connectivity index (χ4n) is 12.7. The topological polar surface area (TPSA) is 8.17 Å². The Morgan fingerprint density at radius 1 is 0.412 bits per heavy atom. The number of hydrogen-bond acceptors (Lipinski definition) is 1. The maximum atomic E-state index is 2.65. The maximum absolute atomic E-state index is 2.65. The van der Waals surface area contributed by atoms with E-state index in [0.29, 0.717) is 0 Å². The summed E-state index contributed by atoms with van der Waals surface area (Å²) in [5.41, 5.74) is 21.3. The molecule has 328 valence electrons. The SMILES string of the molecule is CC(C)(C)c1c2c(c(N(c3ccc(-c4cc5ccccc5c5ccccc45)cc3)c3ccc4c5ccccc5n(-c5ccccc5)c4c3)c3c1-c1ccccc1C3(C)C)C(C)(C)c1ccccc1-2. The first-order chi connectivity index (χ1) is 32.9. The second kappa shape index (κ2) is 14.4. The lowest BCUT2D eigenvalue weighted by molar-refractivity contribution is 0.587. The number of para-hydroxylation sites is 2. The highest BCUT2D eigenvalue weighted by atomic mass is 15.2. The van der Waals surface area contributed by atoms with Gasteiger partial charge in [-0.1, -0.05) is 200 Å². The second-order valence-electron chi connectivity index (χ2n) is 21.3. The van der Waals surface area contributed by atoms with E-state index >= 15 is 0 Å². The van der Waals surface area contributed by atoms with Crippen molar-refractivity contribution in [2.24, 2.45) is 0 Å². The molecule has 0 aliphatic heterocycles. The monoisotopic (exact) mass is 874 g/mol. The third kappa shape index (κ3) is 5.64. The lowest BCUT2D eigenvalue weighted by atomic mass is 9.71. The van der Waals surface area contributed by atoms with Gasteiger partial charge in [-0.15, -0.1) is 0 Å². The summed E-state index contributed by atoms with van der Waals surface area (Å²) in [5.74, 6) is 0. The molecule has 2 aliphatic carbocycles. The van der Waals surface area contributed by atoms with Gasteiger partial charge in [0.1, 0.15) is 0 Å². The van der Waals surface area contributed by atoms with E-state index in [0.717, 1.165) is 17.1 Å². The molecule has 2 heteroatoms. The van der Waals surface area contributed by atoms with Crippen molar-refractivity contribution in [2.45, 2.75) is 64.7 Å². The molecule has 2 nitrogen and oxygen atoms in total. The van der Waals surface area contributed by atoms with E-state index in [9.17, 15) is 0 Å². The van der Waals surface area contributed by atoms with Crippen LogP contribution in [0, 0.1) is 0 Å². The number of aromatic nitrogens is 1. The molecule has 1 heterocycles. The predicted octanol–water partition coefficient (Wildman–Crippen LogP) is 18.1. The van der Waals surface area contributed by atoms with Crippen LogP contribution in [0.1, 0.15) is 76.3 Å². The van der Waals surface area contributed by atoms with Crippen LogP contribution in [0.3, 0.4) is 0 Å². The van der Waals surface area contributed by atoms with E-state index in [1.165, 1.54) is 110 Å². The molecule has 68 heavy (non-hydrogen) atoms. The van der Waals surface area contributed by atoms with Gasteiger partial charge in [0.25, 0.3) is 0 Å². The molecule has 10 aromatic carbocycles. The van der Waals surface area contributed by atoms with Crippen LogP contribution >= 0.6 is 0 Å². The zero-order valence-electron chi connectivity index (χ0n) is 39.9. The van der Waals surface area contributed by atoms with Crippen molar-refractivity contribution in [1.29, 1.82) is 0 Å². The van der Waals surface area contributed by atoms with Crippen LogP contribution in [0.4, 0.5) is 17.1 Å². The standard InChI is InChI=1S/C66H54N2/c1-64(2,3)60-58-51-28-15-18-30-54(51)65(4,5)61(58)63(62-59(60)52-29-16-19-31-55(52)66(62,6)7)67(45-37-38-50-49-27-17-20-32-56(49)68(57(50)40-45)43-22-9-8-10-23-43)44-35-33-41(34-36-44)53-39-42-21-11-12-24-46(42)47-25-13-14-26-48(47)53/h8-40H,1-7H3. The molecular weight excluding hydrogens is 821 g/mol. The average molecular weight is 875 g/mol. The molecule has 0 bridgehead atoms. The summed E-state index contributed by atoms with van der Waals surface area (Å²) in [7, 11) is 0. The molecular formula is C66H54N2. The number of anilines is 3. The van der Waals surface area contributed by atoms with Gasteiger partial charge in [0, 0.05) is 38.7 Å². The zero-order chi connectivity index (χ0) is 46.3. The minimum atomic E-state index is -0.313. The molecule has 0 spiro atoms. The Labute approximate surface area is 399 Å². The summed E-state index contributed by atoms with van der Waals surface area (Å²) < 4.78 is 2.46. The van der Waals surface area contributed by atoms with E-state index in [4.69, 9.17) is 0 Å². The zero-order valence-corrected chi connectivity index (χ0v) is 39.9. The minimum absolute atomic E-state index is 0.154. The molecule has 0 N–H and O–H groups in total. The number of benzene rings is 10. The molecule has 0 atom stereocenters. The van der Waals surface area contributed by atoms with Gasteiger partial charge >= 0.3 is 0 Å². The van der Waals surface area contributed by atoms with Gasteiger partial charge in [0.05, 0.1) is 16.7 Å². The van der Waals surface area contributed by atoms with E-state index in [2.05, 4.69) is 258 Å². The Bertz CT molecular complexity index is 3790. The summed E-state index contributed by atoms with van der Waals surface area (Å²) in [6, 6.07) is 75.0. The largest absolute Gasteiger partial charge is 0.310 e. The third-order valence-corrected chi connectivity index (χ3v) is 15.6. The highest BCUT2D eigenvalue weighted by Gasteiger charge is 2.50. The second-order valence-corrected chi connectivity index (χ2v) is 21.3. The van der Waals surface area contributed by atoms with Crippen molar-refractivity contribution >= 4 is 60.4 Å². The summed E-state index contributed by atoms with van der Waals surface area (Å²) in [5, 5.41) is 7.57. The van der Waals surface area contributed by atoms with Crippen LogP contribution in [0.5, 0.6) is 0 Å². The Kier molecular flexibility index (Phi) is 8.60. The van der Waals surface area contributed by atoms with Gasteiger partial charge in [-0.2, -0.15) is 0 Å². The van der Waals surface area contributed by atoms with Crippen molar-refractivity contribution in [3.05, 3.63) is 228 Å².